The van der Waals surface area contributed by atoms with Crippen molar-refractivity contribution < 1.29 is 23.9 Å². The highest BCUT2D eigenvalue weighted by molar-refractivity contribution is 8.01. The monoisotopic (exact) mass is 469 g/mol. The number of ether oxygens (including phenoxy) is 2. The summed E-state index contributed by atoms with van der Waals surface area (Å²) in [5.74, 6) is 0.874. The number of Topliss-reactive ketones (excluding diaryl/α,β-unsaturated/α-hetero) is 1. The minimum Gasteiger partial charge on any atom is -0.466 e. The third-order valence-corrected chi connectivity index (χ3v) is 8.10. The number of carbonyl (C=O) groups is 3. The SMILES string of the molecule is CCCCCCOC(=O)CC[S+](CCC(=O)OCCCCCC)C1=CCC(C)(C)CC1=O. The molecule has 6 heteroatoms. The first-order valence-electron chi connectivity index (χ1n) is 12.5. The molecule has 0 aliphatic heterocycles. The fourth-order valence-corrected chi connectivity index (χ4v) is 5.85. The molecule has 0 atom stereocenters. The van der Waals surface area contributed by atoms with E-state index in [4.69, 9.17) is 9.47 Å². The Morgan fingerprint density at radius 1 is 0.875 bits per heavy atom. The average molecular weight is 470 g/mol. The highest BCUT2D eigenvalue weighted by atomic mass is 32.2. The van der Waals surface area contributed by atoms with Crippen LogP contribution < -0.4 is 0 Å². The summed E-state index contributed by atoms with van der Waals surface area (Å²) in [7, 11) is -0.426. The van der Waals surface area contributed by atoms with Crippen molar-refractivity contribution in [2.75, 3.05) is 24.7 Å². The Morgan fingerprint density at radius 3 is 1.81 bits per heavy atom. The number of allylic oxidation sites excluding steroid dienone is 2. The predicted molar refractivity (Wildman–Crippen MR) is 133 cm³/mol. The molecular weight excluding hydrogens is 424 g/mol. The van der Waals surface area contributed by atoms with E-state index in [9.17, 15) is 14.4 Å². The maximum absolute atomic E-state index is 12.8. The van der Waals surface area contributed by atoms with Crippen LogP contribution in [0.4, 0.5) is 0 Å². The number of rotatable bonds is 17. The first kappa shape index (κ1) is 28.7. The van der Waals surface area contributed by atoms with Gasteiger partial charge in [0.05, 0.1) is 26.1 Å². The Morgan fingerprint density at radius 2 is 1.38 bits per heavy atom. The van der Waals surface area contributed by atoms with Crippen LogP contribution in [0.15, 0.2) is 11.0 Å². The lowest BCUT2D eigenvalue weighted by Crippen LogP contribution is -2.30. The number of hydrogen-bond donors (Lipinski definition) is 0. The van der Waals surface area contributed by atoms with Gasteiger partial charge in [-0.05, 0) is 30.8 Å². The molecule has 0 bridgehead atoms. The number of unbranched alkanes of at least 4 members (excludes halogenated alkanes) is 6. The summed E-state index contributed by atoms with van der Waals surface area (Å²) in [5, 5.41) is 0. The molecule has 0 spiro atoms. The maximum Gasteiger partial charge on any atom is 0.310 e. The zero-order valence-corrected chi connectivity index (χ0v) is 21.7. The largest absolute Gasteiger partial charge is 0.466 e. The van der Waals surface area contributed by atoms with Crippen molar-refractivity contribution in [2.24, 2.45) is 5.41 Å². The van der Waals surface area contributed by atoms with Crippen LogP contribution in [-0.2, 0) is 34.8 Å². The molecule has 0 unspecified atom stereocenters. The second kappa shape index (κ2) is 16.3. The standard InChI is InChI=1S/C26H45O5S/c1-5-7-9-11-17-30-24(28)14-19-32(23-13-16-26(3,4)21-22(23)27)20-15-25(29)31-18-12-10-8-6-2/h13H,5-12,14-21H2,1-4H3/q+1. The van der Waals surface area contributed by atoms with Crippen LogP contribution in [0, 0.1) is 5.41 Å². The summed E-state index contributed by atoms with van der Waals surface area (Å²) in [5.41, 5.74) is -0.0234. The van der Waals surface area contributed by atoms with Crippen LogP contribution in [0.5, 0.6) is 0 Å². The molecule has 0 fully saturated rings. The van der Waals surface area contributed by atoms with Gasteiger partial charge in [0.2, 0.25) is 5.78 Å². The lowest BCUT2D eigenvalue weighted by molar-refractivity contribution is -0.144. The van der Waals surface area contributed by atoms with E-state index in [-0.39, 0.29) is 36.0 Å². The Balaban J connectivity index is 2.56. The van der Waals surface area contributed by atoms with Gasteiger partial charge in [-0.25, -0.2) is 0 Å². The van der Waals surface area contributed by atoms with Crippen LogP contribution in [0.25, 0.3) is 0 Å². The zero-order valence-electron chi connectivity index (χ0n) is 20.8. The van der Waals surface area contributed by atoms with Gasteiger partial charge in [-0.2, -0.15) is 0 Å². The van der Waals surface area contributed by atoms with E-state index in [0.29, 0.717) is 31.1 Å². The topological polar surface area (TPSA) is 69.7 Å². The van der Waals surface area contributed by atoms with Crippen LogP contribution in [0.2, 0.25) is 0 Å². The molecule has 1 rings (SSSR count). The van der Waals surface area contributed by atoms with E-state index in [2.05, 4.69) is 27.7 Å². The van der Waals surface area contributed by atoms with E-state index in [1.165, 1.54) is 0 Å². The van der Waals surface area contributed by atoms with E-state index < -0.39 is 10.9 Å². The van der Waals surface area contributed by atoms with Gasteiger partial charge in [0.1, 0.15) is 11.5 Å². The molecule has 32 heavy (non-hydrogen) atoms. The fraction of sp³-hybridized carbons (Fsp3) is 0.808. The minimum absolute atomic E-state index is 0.0234. The third-order valence-electron chi connectivity index (χ3n) is 5.69. The number of esters is 2. The van der Waals surface area contributed by atoms with E-state index in [1.807, 2.05) is 6.08 Å². The van der Waals surface area contributed by atoms with E-state index in [0.717, 1.165) is 62.7 Å². The predicted octanol–water partition coefficient (Wildman–Crippen LogP) is 5.90. The Kier molecular flexibility index (Phi) is 14.7. The summed E-state index contributed by atoms with van der Waals surface area (Å²) in [4.78, 5) is 38.0. The summed E-state index contributed by atoms with van der Waals surface area (Å²) in [6, 6.07) is 0. The minimum atomic E-state index is -0.426. The molecular formula is C26H45O5S+. The molecule has 0 saturated carbocycles. The van der Waals surface area contributed by atoms with Crippen molar-refractivity contribution in [1.29, 1.82) is 0 Å². The van der Waals surface area contributed by atoms with Crippen LogP contribution in [0.3, 0.4) is 0 Å². The molecule has 0 radical (unpaired) electrons. The van der Waals surface area contributed by atoms with Crippen LogP contribution in [0.1, 0.15) is 105 Å². The van der Waals surface area contributed by atoms with Crippen molar-refractivity contribution in [1.82, 2.24) is 0 Å². The smallest absolute Gasteiger partial charge is 0.310 e. The van der Waals surface area contributed by atoms with Crippen LogP contribution >= 0.6 is 0 Å². The molecule has 0 aromatic heterocycles. The van der Waals surface area contributed by atoms with Gasteiger partial charge in [0.15, 0.2) is 4.91 Å². The summed E-state index contributed by atoms with van der Waals surface area (Å²) in [6.45, 7) is 9.43. The second-order valence-electron chi connectivity index (χ2n) is 9.50. The van der Waals surface area contributed by atoms with Gasteiger partial charge < -0.3 is 9.47 Å². The number of carbonyl (C=O) groups excluding carboxylic acids is 3. The van der Waals surface area contributed by atoms with Gasteiger partial charge in [0.25, 0.3) is 0 Å². The first-order valence-corrected chi connectivity index (χ1v) is 14.1. The van der Waals surface area contributed by atoms with Crippen molar-refractivity contribution in [3.05, 3.63) is 11.0 Å². The molecule has 0 amide bonds. The van der Waals surface area contributed by atoms with Crippen molar-refractivity contribution in [3.8, 4) is 0 Å². The summed E-state index contributed by atoms with van der Waals surface area (Å²) in [6.07, 6.45) is 12.5. The summed E-state index contributed by atoms with van der Waals surface area (Å²) >= 11 is 0. The molecule has 0 aromatic rings. The van der Waals surface area contributed by atoms with E-state index >= 15 is 0 Å². The molecule has 184 valence electrons. The molecule has 1 aliphatic rings. The van der Waals surface area contributed by atoms with Crippen LogP contribution in [-0.4, -0.2) is 42.4 Å². The molecule has 5 nitrogen and oxygen atoms in total. The Bertz CT molecular complexity index is 581. The van der Waals surface area contributed by atoms with Gasteiger partial charge in [-0.15, -0.1) is 0 Å². The fourth-order valence-electron chi connectivity index (χ4n) is 3.66. The summed E-state index contributed by atoms with van der Waals surface area (Å²) < 4.78 is 10.7. The molecule has 0 saturated heterocycles. The maximum atomic E-state index is 12.8. The van der Waals surface area contributed by atoms with Crippen molar-refractivity contribution in [2.45, 2.75) is 105 Å². The zero-order chi connectivity index (χ0) is 23.8. The highest BCUT2D eigenvalue weighted by Gasteiger charge is 2.38. The lowest BCUT2D eigenvalue weighted by Gasteiger charge is -2.26. The molecule has 0 heterocycles. The van der Waals surface area contributed by atoms with Gasteiger partial charge in [-0.1, -0.05) is 66.2 Å². The molecule has 1 aliphatic carbocycles. The first-order chi connectivity index (χ1) is 15.3. The van der Waals surface area contributed by atoms with Crippen molar-refractivity contribution >= 4 is 28.6 Å². The number of ketones is 1. The molecule has 0 aromatic carbocycles. The van der Waals surface area contributed by atoms with E-state index in [1.54, 1.807) is 0 Å². The third kappa shape index (κ3) is 12.7. The van der Waals surface area contributed by atoms with Gasteiger partial charge in [-0.3, -0.25) is 14.4 Å². The second-order valence-corrected chi connectivity index (χ2v) is 11.7. The quantitative estimate of drug-likeness (QED) is 0.151. The Hall–Kier alpha value is -1.30. The average Bonchev–Trinajstić information content (AvgIpc) is 2.73. The highest BCUT2D eigenvalue weighted by Crippen LogP contribution is 2.35. The Labute approximate surface area is 198 Å². The lowest BCUT2D eigenvalue weighted by atomic mass is 9.80. The van der Waals surface area contributed by atoms with Gasteiger partial charge in [0, 0.05) is 17.3 Å². The number of hydrogen-bond acceptors (Lipinski definition) is 5. The van der Waals surface area contributed by atoms with Gasteiger partial charge >= 0.3 is 11.9 Å². The van der Waals surface area contributed by atoms with Crippen molar-refractivity contribution in [3.63, 3.8) is 0 Å². The normalized spacial score (nSPS) is 15.5. The molecule has 0 N–H and O–H groups in total.